The van der Waals surface area contributed by atoms with Gasteiger partial charge in [0, 0.05) is 29.2 Å². The Morgan fingerprint density at radius 2 is 2.32 bits per heavy atom. The van der Waals surface area contributed by atoms with Crippen LogP contribution in [-0.4, -0.2) is 34.3 Å². The van der Waals surface area contributed by atoms with Crippen LogP contribution >= 0.6 is 27.5 Å². The van der Waals surface area contributed by atoms with E-state index >= 15 is 0 Å². The number of nitrogens with one attached hydrogen (secondary N) is 1. The molecule has 7 heteroatoms. The number of aromatic nitrogens is 3. The van der Waals surface area contributed by atoms with Crippen molar-refractivity contribution >= 4 is 33.5 Å². The van der Waals surface area contributed by atoms with Crippen LogP contribution in [0.1, 0.15) is 6.42 Å². The molecule has 0 spiro atoms. The van der Waals surface area contributed by atoms with Crippen LogP contribution < -0.4 is 10.6 Å². The lowest BCUT2D eigenvalue weighted by Crippen LogP contribution is -2.26. The second kappa shape index (κ2) is 5.11. The van der Waals surface area contributed by atoms with Crippen molar-refractivity contribution in [2.24, 2.45) is 5.73 Å². The molecule has 0 saturated carbocycles. The highest BCUT2D eigenvalue weighted by atomic mass is 79.9. The van der Waals surface area contributed by atoms with Crippen molar-refractivity contribution in [2.45, 2.75) is 12.5 Å². The summed E-state index contributed by atoms with van der Waals surface area (Å²) >= 11 is 9.38. The molecule has 1 fully saturated rings. The molecule has 1 saturated heterocycles. The van der Waals surface area contributed by atoms with Crippen LogP contribution in [0.4, 0.5) is 5.95 Å². The average molecular weight is 343 g/mol. The van der Waals surface area contributed by atoms with Gasteiger partial charge in [0.15, 0.2) is 5.82 Å². The van der Waals surface area contributed by atoms with Crippen LogP contribution in [0.25, 0.3) is 11.4 Å². The Balaban J connectivity index is 1.86. The first-order chi connectivity index (χ1) is 9.13. The third kappa shape index (κ3) is 2.61. The smallest absolute Gasteiger partial charge is 0.245 e. The number of hydrogen-bond donors (Lipinski definition) is 2. The number of halogens is 2. The molecule has 5 nitrogen and oxygen atoms in total. The van der Waals surface area contributed by atoms with E-state index in [0.29, 0.717) is 11.0 Å². The van der Waals surface area contributed by atoms with Gasteiger partial charge in [-0.2, -0.15) is 4.98 Å². The maximum atomic E-state index is 5.98. The Morgan fingerprint density at radius 1 is 1.47 bits per heavy atom. The zero-order valence-corrected chi connectivity index (χ0v) is 12.4. The summed E-state index contributed by atoms with van der Waals surface area (Å²) in [7, 11) is 0. The zero-order chi connectivity index (χ0) is 13.4. The van der Waals surface area contributed by atoms with Gasteiger partial charge in [-0.15, -0.1) is 5.10 Å². The summed E-state index contributed by atoms with van der Waals surface area (Å²) in [5.41, 5.74) is 6.83. The van der Waals surface area contributed by atoms with Crippen molar-refractivity contribution in [1.29, 1.82) is 0 Å². The van der Waals surface area contributed by atoms with E-state index < -0.39 is 0 Å². The van der Waals surface area contributed by atoms with Gasteiger partial charge in [-0.3, -0.25) is 5.10 Å². The van der Waals surface area contributed by atoms with Gasteiger partial charge in [0.1, 0.15) is 0 Å². The monoisotopic (exact) mass is 341 g/mol. The summed E-state index contributed by atoms with van der Waals surface area (Å²) in [4.78, 5) is 6.60. The lowest BCUT2D eigenvalue weighted by atomic mass is 10.2. The van der Waals surface area contributed by atoms with Crippen molar-refractivity contribution in [3.05, 3.63) is 27.7 Å². The quantitative estimate of drug-likeness (QED) is 0.879. The molecule has 0 bridgehead atoms. The molecule has 1 atom stereocenters. The van der Waals surface area contributed by atoms with E-state index in [1.807, 2.05) is 18.2 Å². The molecule has 3 rings (SSSR count). The average Bonchev–Trinajstić information content (AvgIpc) is 3.01. The van der Waals surface area contributed by atoms with Crippen molar-refractivity contribution in [2.75, 3.05) is 18.0 Å². The van der Waals surface area contributed by atoms with E-state index in [2.05, 4.69) is 36.0 Å². The van der Waals surface area contributed by atoms with Crippen molar-refractivity contribution in [1.82, 2.24) is 15.2 Å². The Labute approximate surface area is 124 Å². The lowest BCUT2D eigenvalue weighted by molar-refractivity contribution is 0.750. The molecule has 0 aliphatic carbocycles. The van der Waals surface area contributed by atoms with E-state index in [4.69, 9.17) is 17.3 Å². The second-order valence-electron chi connectivity index (χ2n) is 4.61. The summed E-state index contributed by atoms with van der Waals surface area (Å²) in [6.45, 7) is 1.71. The third-order valence-corrected chi connectivity index (χ3v) is 4.39. The summed E-state index contributed by atoms with van der Waals surface area (Å²) in [5.74, 6) is 1.43. The molecule has 1 aromatic carbocycles. The molecule has 1 aliphatic rings. The van der Waals surface area contributed by atoms with Crippen LogP contribution in [0.2, 0.25) is 5.02 Å². The van der Waals surface area contributed by atoms with Crippen molar-refractivity contribution < 1.29 is 0 Å². The van der Waals surface area contributed by atoms with Crippen LogP contribution in [-0.2, 0) is 0 Å². The van der Waals surface area contributed by atoms with E-state index in [9.17, 15) is 0 Å². The van der Waals surface area contributed by atoms with E-state index in [1.165, 1.54) is 0 Å². The molecule has 0 radical (unpaired) electrons. The van der Waals surface area contributed by atoms with Gasteiger partial charge in [0.25, 0.3) is 0 Å². The minimum atomic E-state index is 0.214. The first-order valence-electron chi connectivity index (χ1n) is 6.02. The minimum absolute atomic E-state index is 0.214. The molecule has 1 unspecified atom stereocenters. The minimum Gasteiger partial charge on any atom is -0.338 e. The number of rotatable bonds is 2. The van der Waals surface area contributed by atoms with Gasteiger partial charge in [0.05, 0.1) is 5.02 Å². The SMILES string of the molecule is NC1CCN(c2n[nH]c(-c3ccc(Cl)c(Br)c3)n2)C1. The number of hydrogen-bond acceptors (Lipinski definition) is 4. The molecule has 3 N–H and O–H groups in total. The Bertz CT molecular complexity index is 600. The molecule has 0 amide bonds. The van der Waals surface area contributed by atoms with E-state index in [-0.39, 0.29) is 6.04 Å². The highest BCUT2D eigenvalue weighted by molar-refractivity contribution is 9.10. The van der Waals surface area contributed by atoms with Gasteiger partial charge >= 0.3 is 0 Å². The fourth-order valence-corrected chi connectivity index (χ4v) is 2.63. The zero-order valence-electron chi connectivity index (χ0n) is 10.1. The van der Waals surface area contributed by atoms with Crippen LogP contribution in [0.3, 0.4) is 0 Å². The molecule has 100 valence electrons. The number of benzene rings is 1. The highest BCUT2D eigenvalue weighted by Crippen LogP contribution is 2.28. The maximum Gasteiger partial charge on any atom is 0.245 e. The Hall–Kier alpha value is -1.11. The predicted molar refractivity (Wildman–Crippen MR) is 79.3 cm³/mol. The fourth-order valence-electron chi connectivity index (χ4n) is 2.14. The van der Waals surface area contributed by atoms with Gasteiger partial charge < -0.3 is 10.6 Å². The van der Waals surface area contributed by atoms with Gasteiger partial charge in [0.2, 0.25) is 5.95 Å². The Kier molecular flexibility index (Phi) is 3.47. The van der Waals surface area contributed by atoms with Crippen molar-refractivity contribution in [3.8, 4) is 11.4 Å². The first-order valence-corrected chi connectivity index (χ1v) is 7.19. The van der Waals surface area contributed by atoms with Gasteiger partial charge in [-0.05, 0) is 40.5 Å². The second-order valence-corrected chi connectivity index (χ2v) is 5.87. The van der Waals surface area contributed by atoms with Crippen LogP contribution in [0.5, 0.6) is 0 Å². The molecule has 1 aliphatic heterocycles. The van der Waals surface area contributed by atoms with Gasteiger partial charge in [-0.1, -0.05) is 11.6 Å². The highest BCUT2D eigenvalue weighted by Gasteiger charge is 2.22. The molecular formula is C12H13BrClN5. The number of H-pyrrole nitrogens is 1. The summed E-state index contributed by atoms with van der Waals surface area (Å²) < 4.78 is 0.841. The third-order valence-electron chi connectivity index (χ3n) is 3.17. The van der Waals surface area contributed by atoms with E-state index in [0.717, 1.165) is 35.4 Å². The van der Waals surface area contributed by atoms with Crippen LogP contribution in [0.15, 0.2) is 22.7 Å². The molecule has 19 heavy (non-hydrogen) atoms. The van der Waals surface area contributed by atoms with E-state index in [1.54, 1.807) is 0 Å². The van der Waals surface area contributed by atoms with Crippen molar-refractivity contribution in [3.63, 3.8) is 0 Å². The molecule has 2 heterocycles. The number of aromatic amines is 1. The lowest BCUT2D eigenvalue weighted by Gasteiger charge is -2.11. The maximum absolute atomic E-state index is 5.98. The number of anilines is 1. The number of nitrogens with zero attached hydrogens (tertiary/aromatic N) is 3. The normalized spacial score (nSPS) is 19.1. The largest absolute Gasteiger partial charge is 0.338 e. The predicted octanol–water partition coefficient (Wildman–Crippen LogP) is 2.42. The summed E-state index contributed by atoms with van der Waals surface area (Å²) in [6.07, 6.45) is 0.983. The molecule has 1 aromatic heterocycles. The molecular weight excluding hydrogens is 330 g/mol. The first kappa shape index (κ1) is 12.9. The summed E-state index contributed by atoms with van der Waals surface area (Å²) in [5, 5.41) is 7.88. The van der Waals surface area contributed by atoms with Crippen LogP contribution in [0, 0.1) is 0 Å². The Morgan fingerprint density at radius 3 is 3.00 bits per heavy atom. The van der Waals surface area contributed by atoms with Gasteiger partial charge in [-0.25, -0.2) is 0 Å². The standard InChI is InChI=1S/C12H13BrClN5/c13-9-5-7(1-2-10(9)14)11-16-12(18-17-11)19-4-3-8(15)6-19/h1-2,5,8H,3-4,6,15H2,(H,16,17,18). The fraction of sp³-hybridized carbons (Fsp3) is 0.333. The number of nitrogens with two attached hydrogens (primary N) is 1. The molecule has 2 aromatic rings. The summed E-state index contributed by atoms with van der Waals surface area (Å²) in [6, 6.07) is 5.87. The topological polar surface area (TPSA) is 70.8 Å².